The molecule has 0 aliphatic carbocycles. The summed E-state index contributed by atoms with van der Waals surface area (Å²) in [4.78, 5) is 4.82. The molecule has 1 saturated heterocycles. The third-order valence-corrected chi connectivity index (χ3v) is 4.56. The number of hydrogen-bond acceptors (Lipinski definition) is 3. The largest absolute Gasteiger partial charge is 0.317 e. The molecule has 0 saturated carbocycles. The Balaban J connectivity index is 1.82. The van der Waals surface area contributed by atoms with E-state index < -0.39 is 0 Å². The Kier molecular flexibility index (Phi) is 3.43. The van der Waals surface area contributed by atoms with E-state index in [0.29, 0.717) is 5.92 Å². The smallest absolute Gasteiger partial charge is 0.0964 e. The second-order valence-corrected chi connectivity index (χ2v) is 5.85. The summed E-state index contributed by atoms with van der Waals surface area (Å²) >= 11 is 1.82. The third-order valence-electron chi connectivity index (χ3n) is 3.56. The number of nitrogens with one attached hydrogen (secondary N) is 1. The average Bonchev–Trinajstić information content (AvgIpc) is 2.90. The van der Waals surface area contributed by atoms with Gasteiger partial charge in [0.15, 0.2) is 0 Å². The lowest BCUT2D eigenvalue weighted by Gasteiger charge is -2.20. The van der Waals surface area contributed by atoms with E-state index in [1.807, 2.05) is 11.3 Å². The summed E-state index contributed by atoms with van der Waals surface area (Å²) in [7, 11) is 0. The van der Waals surface area contributed by atoms with E-state index in [-0.39, 0.29) is 0 Å². The molecule has 2 aromatic rings. The van der Waals surface area contributed by atoms with Gasteiger partial charge in [-0.3, -0.25) is 0 Å². The van der Waals surface area contributed by atoms with Crippen molar-refractivity contribution in [3.8, 4) is 11.3 Å². The molecule has 0 radical (unpaired) electrons. The molecule has 2 nitrogen and oxygen atoms in total. The van der Waals surface area contributed by atoms with Gasteiger partial charge >= 0.3 is 0 Å². The first-order valence-electron chi connectivity index (χ1n) is 6.56. The van der Waals surface area contributed by atoms with Crippen LogP contribution in [0.3, 0.4) is 0 Å². The van der Waals surface area contributed by atoms with Crippen LogP contribution >= 0.6 is 11.3 Å². The highest BCUT2D eigenvalue weighted by Gasteiger charge is 2.18. The van der Waals surface area contributed by atoms with Crippen molar-refractivity contribution in [2.75, 3.05) is 13.1 Å². The number of aryl methyl sites for hydroxylation is 1. The van der Waals surface area contributed by atoms with Crippen LogP contribution in [0.2, 0.25) is 0 Å². The molecular formula is C15H18N2S. The minimum atomic E-state index is 0.662. The molecule has 0 amide bonds. The molecule has 18 heavy (non-hydrogen) atoms. The van der Waals surface area contributed by atoms with Crippen LogP contribution in [0.25, 0.3) is 11.3 Å². The second kappa shape index (κ2) is 5.21. The molecule has 94 valence electrons. The summed E-state index contributed by atoms with van der Waals surface area (Å²) in [5, 5.41) is 6.91. The van der Waals surface area contributed by atoms with Crippen LogP contribution < -0.4 is 5.32 Å². The maximum atomic E-state index is 4.82. The van der Waals surface area contributed by atoms with Crippen LogP contribution in [0, 0.1) is 6.92 Å². The zero-order chi connectivity index (χ0) is 12.4. The normalized spacial score (nSPS) is 16.9. The summed E-state index contributed by atoms with van der Waals surface area (Å²) in [6, 6.07) is 8.63. The molecule has 0 bridgehead atoms. The van der Waals surface area contributed by atoms with Crippen molar-refractivity contribution < 1.29 is 0 Å². The maximum absolute atomic E-state index is 4.82. The Morgan fingerprint density at radius 3 is 2.61 bits per heavy atom. The maximum Gasteiger partial charge on any atom is 0.0964 e. The molecule has 0 unspecified atom stereocenters. The molecule has 1 aliphatic rings. The Morgan fingerprint density at radius 2 is 1.89 bits per heavy atom. The van der Waals surface area contributed by atoms with Crippen LogP contribution in [-0.2, 0) is 0 Å². The van der Waals surface area contributed by atoms with E-state index in [1.54, 1.807) is 0 Å². The lowest BCUT2D eigenvalue weighted by Crippen LogP contribution is -2.26. The van der Waals surface area contributed by atoms with Gasteiger partial charge in [-0.2, -0.15) is 0 Å². The summed E-state index contributed by atoms with van der Waals surface area (Å²) in [5.41, 5.74) is 3.66. The monoisotopic (exact) mass is 258 g/mol. The highest BCUT2D eigenvalue weighted by molar-refractivity contribution is 7.10. The highest BCUT2D eigenvalue weighted by Crippen LogP contribution is 2.31. The quantitative estimate of drug-likeness (QED) is 0.890. The van der Waals surface area contributed by atoms with Gasteiger partial charge in [-0.15, -0.1) is 11.3 Å². The van der Waals surface area contributed by atoms with Crippen LogP contribution in [0.4, 0.5) is 0 Å². The molecule has 3 rings (SSSR count). The molecule has 1 aromatic heterocycles. The van der Waals surface area contributed by atoms with E-state index in [2.05, 4.69) is 41.9 Å². The van der Waals surface area contributed by atoms with Gasteiger partial charge in [-0.25, -0.2) is 4.98 Å². The molecule has 1 fully saturated rings. The van der Waals surface area contributed by atoms with Crippen LogP contribution in [0.5, 0.6) is 0 Å². The predicted octanol–water partition coefficient (Wildman–Crippen LogP) is 3.59. The number of nitrogens with zero attached hydrogens (tertiary/aromatic N) is 1. The molecule has 0 atom stereocenters. The van der Waals surface area contributed by atoms with Crippen LogP contribution in [0.15, 0.2) is 29.6 Å². The van der Waals surface area contributed by atoms with Crippen molar-refractivity contribution in [2.24, 2.45) is 0 Å². The Morgan fingerprint density at radius 1 is 1.17 bits per heavy atom. The highest BCUT2D eigenvalue weighted by atomic mass is 32.1. The molecule has 2 heterocycles. The number of aromatic nitrogens is 1. The molecule has 0 spiro atoms. The molecule has 1 N–H and O–H groups in total. The SMILES string of the molecule is Cc1ccc(-c2csc(C3CCNCC3)n2)cc1. The van der Waals surface area contributed by atoms with E-state index in [1.165, 1.54) is 29.0 Å². The Labute approximate surface area is 112 Å². The van der Waals surface area contributed by atoms with E-state index >= 15 is 0 Å². The summed E-state index contributed by atoms with van der Waals surface area (Å²) in [6.07, 6.45) is 2.45. The van der Waals surface area contributed by atoms with Crippen molar-refractivity contribution in [3.05, 3.63) is 40.2 Å². The van der Waals surface area contributed by atoms with Crippen LogP contribution in [-0.4, -0.2) is 18.1 Å². The second-order valence-electron chi connectivity index (χ2n) is 4.96. The number of hydrogen-bond donors (Lipinski definition) is 1. The lowest BCUT2D eigenvalue weighted by atomic mass is 9.99. The zero-order valence-electron chi connectivity index (χ0n) is 10.6. The first kappa shape index (κ1) is 11.9. The van der Waals surface area contributed by atoms with Gasteiger partial charge in [0.1, 0.15) is 0 Å². The first-order chi connectivity index (χ1) is 8.83. The van der Waals surface area contributed by atoms with E-state index in [4.69, 9.17) is 4.98 Å². The standard InChI is InChI=1S/C15H18N2S/c1-11-2-4-12(5-3-11)14-10-18-15(17-14)13-6-8-16-9-7-13/h2-5,10,13,16H,6-9H2,1H3. The Hall–Kier alpha value is -1.19. The van der Waals surface area contributed by atoms with Crippen molar-refractivity contribution in [2.45, 2.75) is 25.7 Å². The van der Waals surface area contributed by atoms with Crippen molar-refractivity contribution >= 4 is 11.3 Å². The van der Waals surface area contributed by atoms with Gasteiger partial charge in [-0.1, -0.05) is 29.8 Å². The van der Waals surface area contributed by atoms with Gasteiger partial charge < -0.3 is 5.32 Å². The Bertz CT molecular complexity index is 510. The fraction of sp³-hybridized carbons (Fsp3) is 0.400. The minimum Gasteiger partial charge on any atom is -0.317 e. The van der Waals surface area contributed by atoms with Crippen molar-refractivity contribution in [1.29, 1.82) is 0 Å². The number of thiazole rings is 1. The first-order valence-corrected chi connectivity index (χ1v) is 7.44. The van der Waals surface area contributed by atoms with Crippen LogP contribution in [0.1, 0.15) is 29.3 Å². The van der Waals surface area contributed by atoms with E-state index in [9.17, 15) is 0 Å². The van der Waals surface area contributed by atoms with Gasteiger partial charge in [0.2, 0.25) is 0 Å². The zero-order valence-corrected chi connectivity index (χ0v) is 11.5. The van der Waals surface area contributed by atoms with E-state index in [0.717, 1.165) is 18.8 Å². The van der Waals surface area contributed by atoms with Crippen molar-refractivity contribution in [3.63, 3.8) is 0 Å². The van der Waals surface area contributed by atoms with Gasteiger partial charge in [0, 0.05) is 16.9 Å². The summed E-state index contributed by atoms with van der Waals surface area (Å²) < 4.78 is 0. The number of benzene rings is 1. The topological polar surface area (TPSA) is 24.9 Å². The molecule has 1 aliphatic heterocycles. The van der Waals surface area contributed by atoms with Crippen molar-refractivity contribution in [1.82, 2.24) is 10.3 Å². The lowest BCUT2D eigenvalue weighted by molar-refractivity contribution is 0.459. The number of rotatable bonds is 2. The number of piperidine rings is 1. The van der Waals surface area contributed by atoms with Gasteiger partial charge in [0.05, 0.1) is 10.7 Å². The average molecular weight is 258 g/mol. The fourth-order valence-corrected chi connectivity index (χ4v) is 3.40. The van der Waals surface area contributed by atoms with Gasteiger partial charge in [0.25, 0.3) is 0 Å². The molecule has 1 aromatic carbocycles. The fourth-order valence-electron chi connectivity index (χ4n) is 2.40. The summed E-state index contributed by atoms with van der Waals surface area (Å²) in [6.45, 7) is 4.37. The molecule has 3 heteroatoms. The predicted molar refractivity (Wildman–Crippen MR) is 77.1 cm³/mol. The third kappa shape index (κ3) is 2.47. The minimum absolute atomic E-state index is 0.662. The summed E-state index contributed by atoms with van der Waals surface area (Å²) in [5.74, 6) is 0.662. The van der Waals surface area contributed by atoms with Gasteiger partial charge in [-0.05, 0) is 32.9 Å². The molecular weight excluding hydrogens is 240 g/mol.